The summed E-state index contributed by atoms with van der Waals surface area (Å²) in [6.45, 7) is 7.47. The van der Waals surface area contributed by atoms with Gasteiger partial charge in [0.25, 0.3) is 0 Å². The minimum absolute atomic E-state index is 0.402. The third kappa shape index (κ3) is 3.37. The summed E-state index contributed by atoms with van der Waals surface area (Å²) in [5.41, 5.74) is 5.78. The van der Waals surface area contributed by atoms with Gasteiger partial charge in [-0.3, -0.25) is 4.99 Å². The summed E-state index contributed by atoms with van der Waals surface area (Å²) in [4.78, 5) is 4.43. The van der Waals surface area contributed by atoms with Crippen molar-refractivity contribution in [2.24, 2.45) is 28.5 Å². The molecule has 0 amide bonds. The van der Waals surface area contributed by atoms with Crippen molar-refractivity contribution < 1.29 is 0 Å². The van der Waals surface area contributed by atoms with Crippen LogP contribution in [-0.4, -0.2) is 12.4 Å². The smallest absolute Gasteiger partial charge is 0.0962 e. The highest BCUT2D eigenvalue weighted by Gasteiger charge is 2.20. The Morgan fingerprint density at radius 1 is 1.46 bits per heavy atom. The second-order valence-electron chi connectivity index (χ2n) is 4.70. The van der Waals surface area contributed by atoms with Gasteiger partial charge in [0.05, 0.1) is 5.84 Å². The van der Waals surface area contributed by atoms with E-state index in [2.05, 4.69) is 25.8 Å². The van der Waals surface area contributed by atoms with E-state index in [4.69, 9.17) is 5.73 Å². The lowest BCUT2D eigenvalue weighted by atomic mass is 10.1. The van der Waals surface area contributed by atoms with E-state index in [1.54, 1.807) is 0 Å². The number of amidine groups is 1. The van der Waals surface area contributed by atoms with Gasteiger partial charge in [0, 0.05) is 12.5 Å². The van der Waals surface area contributed by atoms with E-state index in [1.165, 1.54) is 19.3 Å². The maximum Gasteiger partial charge on any atom is 0.0962 e. The molecule has 2 heteroatoms. The van der Waals surface area contributed by atoms with Gasteiger partial charge in [-0.1, -0.05) is 27.2 Å². The predicted molar refractivity (Wildman–Crippen MR) is 57.8 cm³/mol. The maximum absolute atomic E-state index is 5.78. The van der Waals surface area contributed by atoms with Crippen molar-refractivity contribution in [3.63, 3.8) is 0 Å². The van der Waals surface area contributed by atoms with Gasteiger partial charge in [0.1, 0.15) is 0 Å². The van der Waals surface area contributed by atoms with Gasteiger partial charge in [0.2, 0.25) is 0 Å². The normalized spacial score (nSPS) is 30.0. The van der Waals surface area contributed by atoms with Crippen molar-refractivity contribution >= 4 is 5.84 Å². The van der Waals surface area contributed by atoms with Crippen molar-refractivity contribution in [3.8, 4) is 0 Å². The van der Waals surface area contributed by atoms with Crippen LogP contribution in [0.3, 0.4) is 0 Å². The third-order valence-corrected chi connectivity index (χ3v) is 2.93. The molecular weight excluding hydrogens is 160 g/mol. The van der Waals surface area contributed by atoms with Gasteiger partial charge in [-0.15, -0.1) is 0 Å². The molecule has 0 aromatic heterocycles. The van der Waals surface area contributed by atoms with Crippen molar-refractivity contribution in [1.29, 1.82) is 0 Å². The minimum atomic E-state index is 0.402. The van der Waals surface area contributed by atoms with E-state index >= 15 is 0 Å². The van der Waals surface area contributed by atoms with E-state index in [0.29, 0.717) is 5.92 Å². The molecule has 2 atom stereocenters. The second-order valence-corrected chi connectivity index (χ2v) is 4.70. The number of nitrogens with two attached hydrogens (primary N) is 1. The zero-order valence-electron chi connectivity index (χ0n) is 9.09. The molecule has 0 aromatic rings. The van der Waals surface area contributed by atoms with Crippen molar-refractivity contribution in [2.45, 2.75) is 40.0 Å². The Balaban J connectivity index is 2.30. The van der Waals surface area contributed by atoms with Gasteiger partial charge >= 0.3 is 0 Å². The number of hydrogen-bond acceptors (Lipinski definition) is 1. The molecule has 2 unspecified atom stereocenters. The Kier molecular flexibility index (Phi) is 3.76. The van der Waals surface area contributed by atoms with Crippen molar-refractivity contribution in [1.82, 2.24) is 0 Å². The Hall–Kier alpha value is -0.530. The fraction of sp³-hybridized carbons (Fsp3) is 0.909. The summed E-state index contributed by atoms with van der Waals surface area (Å²) in [5.74, 6) is 2.92. The molecule has 0 aromatic carbocycles. The molecule has 1 aliphatic carbocycles. The molecule has 0 bridgehead atoms. The molecule has 0 heterocycles. The van der Waals surface area contributed by atoms with Gasteiger partial charge < -0.3 is 5.73 Å². The molecular formula is C11H22N2. The summed E-state index contributed by atoms with van der Waals surface area (Å²) < 4.78 is 0. The van der Waals surface area contributed by atoms with Crippen LogP contribution in [-0.2, 0) is 0 Å². The molecule has 0 saturated heterocycles. The molecule has 0 radical (unpaired) electrons. The first-order valence-corrected chi connectivity index (χ1v) is 5.39. The predicted octanol–water partition coefficient (Wildman–Crippen LogP) is 2.44. The van der Waals surface area contributed by atoms with Crippen LogP contribution in [0.5, 0.6) is 0 Å². The maximum atomic E-state index is 5.78. The first-order chi connectivity index (χ1) is 6.09. The quantitative estimate of drug-likeness (QED) is 0.528. The molecule has 2 N–H and O–H groups in total. The largest absolute Gasteiger partial charge is 0.387 e. The molecule has 1 saturated carbocycles. The van der Waals surface area contributed by atoms with E-state index in [9.17, 15) is 0 Å². The molecule has 1 aliphatic rings. The van der Waals surface area contributed by atoms with Gasteiger partial charge in [-0.05, 0) is 24.7 Å². The average molecular weight is 182 g/mol. The fourth-order valence-electron chi connectivity index (χ4n) is 1.91. The SMILES string of the molecule is CC1CCC(CN=C(N)C(C)C)C1. The number of nitrogens with zero attached hydrogens (tertiary/aromatic N) is 1. The minimum Gasteiger partial charge on any atom is -0.387 e. The first kappa shape index (κ1) is 10.6. The third-order valence-electron chi connectivity index (χ3n) is 2.93. The molecule has 0 spiro atoms. The van der Waals surface area contributed by atoms with Crippen LogP contribution < -0.4 is 5.73 Å². The molecule has 1 rings (SSSR count). The number of hydrogen-bond donors (Lipinski definition) is 1. The van der Waals surface area contributed by atoms with Crippen LogP contribution in [0.25, 0.3) is 0 Å². The van der Waals surface area contributed by atoms with E-state index < -0.39 is 0 Å². The highest BCUT2D eigenvalue weighted by molar-refractivity contribution is 5.82. The molecule has 13 heavy (non-hydrogen) atoms. The Bertz CT molecular complexity index is 185. The molecule has 2 nitrogen and oxygen atoms in total. The van der Waals surface area contributed by atoms with Crippen LogP contribution >= 0.6 is 0 Å². The number of rotatable bonds is 3. The van der Waals surface area contributed by atoms with Crippen LogP contribution in [0.4, 0.5) is 0 Å². The summed E-state index contributed by atoms with van der Waals surface area (Å²) in [6, 6.07) is 0. The van der Waals surface area contributed by atoms with Crippen LogP contribution in [0.15, 0.2) is 4.99 Å². The number of aliphatic imine (C=N–C) groups is 1. The molecule has 0 aliphatic heterocycles. The highest BCUT2D eigenvalue weighted by Crippen LogP contribution is 2.30. The van der Waals surface area contributed by atoms with E-state index in [1.807, 2.05) is 0 Å². The average Bonchev–Trinajstić information content (AvgIpc) is 2.47. The van der Waals surface area contributed by atoms with Crippen LogP contribution in [0.1, 0.15) is 40.0 Å². The lowest BCUT2D eigenvalue weighted by Crippen LogP contribution is -2.20. The lowest BCUT2D eigenvalue weighted by molar-refractivity contribution is 0.525. The Labute approximate surface area is 81.6 Å². The summed E-state index contributed by atoms with van der Waals surface area (Å²) in [5, 5.41) is 0. The summed E-state index contributed by atoms with van der Waals surface area (Å²) in [6.07, 6.45) is 4.06. The standard InChI is InChI=1S/C11H22N2/c1-8(2)11(12)13-7-10-5-4-9(3)6-10/h8-10H,4-7H2,1-3H3,(H2,12,13). The molecule has 1 fully saturated rings. The van der Waals surface area contributed by atoms with E-state index in [-0.39, 0.29) is 0 Å². The zero-order chi connectivity index (χ0) is 9.84. The van der Waals surface area contributed by atoms with Gasteiger partial charge in [0.15, 0.2) is 0 Å². The Morgan fingerprint density at radius 3 is 2.62 bits per heavy atom. The lowest BCUT2D eigenvalue weighted by Gasteiger charge is -2.08. The Morgan fingerprint density at radius 2 is 2.15 bits per heavy atom. The topological polar surface area (TPSA) is 38.4 Å². The fourth-order valence-corrected chi connectivity index (χ4v) is 1.91. The molecule has 76 valence electrons. The van der Waals surface area contributed by atoms with Crippen LogP contribution in [0, 0.1) is 17.8 Å². The van der Waals surface area contributed by atoms with Crippen molar-refractivity contribution in [2.75, 3.05) is 6.54 Å². The highest BCUT2D eigenvalue weighted by atomic mass is 14.9. The second kappa shape index (κ2) is 4.64. The van der Waals surface area contributed by atoms with Gasteiger partial charge in [-0.25, -0.2) is 0 Å². The summed E-state index contributed by atoms with van der Waals surface area (Å²) >= 11 is 0. The monoisotopic (exact) mass is 182 g/mol. The first-order valence-electron chi connectivity index (χ1n) is 5.39. The van der Waals surface area contributed by atoms with E-state index in [0.717, 1.165) is 24.2 Å². The van der Waals surface area contributed by atoms with Crippen LogP contribution in [0.2, 0.25) is 0 Å². The zero-order valence-corrected chi connectivity index (χ0v) is 9.09. The summed E-state index contributed by atoms with van der Waals surface area (Å²) in [7, 11) is 0. The van der Waals surface area contributed by atoms with Crippen molar-refractivity contribution in [3.05, 3.63) is 0 Å². The van der Waals surface area contributed by atoms with Gasteiger partial charge in [-0.2, -0.15) is 0 Å².